The van der Waals surface area contributed by atoms with Crippen LogP contribution >= 0.6 is 12.2 Å². The Morgan fingerprint density at radius 2 is 1.68 bits per heavy atom. The van der Waals surface area contributed by atoms with Crippen molar-refractivity contribution in [2.75, 3.05) is 0 Å². The van der Waals surface area contributed by atoms with Gasteiger partial charge in [0, 0.05) is 11.6 Å². The van der Waals surface area contributed by atoms with Crippen LogP contribution in [0, 0.1) is 0 Å². The molecule has 0 spiro atoms. The Bertz CT molecular complexity index is 1010. The van der Waals surface area contributed by atoms with Gasteiger partial charge in [-0.3, -0.25) is 5.43 Å². The second kappa shape index (κ2) is 8.64. The van der Waals surface area contributed by atoms with E-state index in [1.54, 1.807) is 12.1 Å². The standard InChI is InChI=1S/C18H13N3O6S/c19-18(28)21-20-10-11-5-6-12(26-16(22)13-3-1-7-24-13)9-15(11)27-17(23)14-4-2-8-25-14/h1-10H,(H3,19,21,28)/b20-10-. The van der Waals surface area contributed by atoms with Gasteiger partial charge in [-0.15, -0.1) is 0 Å². The SMILES string of the molecule is NC(=S)N/N=C\c1ccc(OC(=O)c2ccco2)cc1OC(=O)c1ccco1. The van der Waals surface area contributed by atoms with Crippen molar-refractivity contribution in [3.63, 3.8) is 0 Å². The van der Waals surface area contributed by atoms with E-state index < -0.39 is 11.9 Å². The number of hydrogen-bond donors (Lipinski definition) is 2. The van der Waals surface area contributed by atoms with E-state index in [-0.39, 0.29) is 28.1 Å². The van der Waals surface area contributed by atoms with Crippen LogP contribution < -0.4 is 20.6 Å². The monoisotopic (exact) mass is 399 g/mol. The molecule has 3 aromatic rings. The highest BCUT2D eigenvalue weighted by Crippen LogP contribution is 2.26. The zero-order valence-electron chi connectivity index (χ0n) is 14.2. The smallest absolute Gasteiger partial charge is 0.379 e. The molecule has 10 heteroatoms. The molecule has 142 valence electrons. The minimum atomic E-state index is -0.739. The molecule has 0 bridgehead atoms. The number of thiocarbonyl (C=S) groups is 1. The summed E-state index contributed by atoms with van der Waals surface area (Å²) in [6.45, 7) is 0. The number of furan rings is 2. The van der Waals surface area contributed by atoms with E-state index in [1.165, 1.54) is 49.1 Å². The van der Waals surface area contributed by atoms with Crippen LogP contribution in [0.15, 0.2) is 68.9 Å². The van der Waals surface area contributed by atoms with Gasteiger partial charge in [-0.2, -0.15) is 5.10 Å². The molecule has 3 rings (SSSR count). The number of ether oxygens (including phenoxy) is 2. The molecular weight excluding hydrogens is 386 g/mol. The fourth-order valence-electron chi connectivity index (χ4n) is 2.04. The molecule has 1 aromatic carbocycles. The first-order valence-electron chi connectivity index (χ1n) is 7.77. The fourth-order valence-corrected chi connectivity index (χ4v) is 2.09. The molecule has 28 heavy (non-hydrogen) atoms. The predicted molar refractivity (Wildman–Crippen MR) is 101 cm³/mol. The Morgan fingerprint density at radius 3 is 2.25 bits per heavy atom. The molecule has 0 saturated carbocycles. The van der Waals surface area contributed by atoms with Crippen molar-refractivity contribution < 1.29 is 27.9 Å². The summed E-state index contributed by atoms with van der Waals surface area (Å²) in [5.41, 5.74) is 8.09. The average Bonchev–Trinajstić information content (AvgIpc) is 3.37. The lowest BCUT2D eigenvalue weighted by molar-refractivity contribution is 0.0698. The molecule has 0 aliphatic heterocycles. The molecule has 2 heterocycles. The van der Waals surface area contributed by atoms with E-state index in [0.29, 0.717) is 5.56 Å². The molecule has 0 aliphatic carbocycles. The molecule has 0 saturated heterocycles. The van der Waals surface area contributed by atoms with Gasteiger partial charge in [-0.05, 0) is 48.6 Å². The van der Waals surface area contributed by atoms with E-state index in [1.807, 2.05) is 0 Å². The highest BCUT2D eigenvalue weighted by molar-refractivity contribution is 7.80. The highest BCUT2D eigenvalue weighted by Gasteiger charge is 2.17. The van der Waals surface area contributed by atoms with Crippen LogP contribution in [-0.4, -0.2) is 23.3 Å². The van der Waals surface area contributed by atoms with Gasteiger partial charge >= 0.3 is 11.9 Å². The number of carbonyl (C=O) groups excluding carboxylic acids is 2. The zero-order chi connectivity index (χ0) is 19.9. The van der Waals surface area contributed by atoms with Crippen LogP contribution in [0.5, 0.6) is 11.5 Å². The second-order valence-electron chi connectivity index (χ2n) is 5.17. The Morgan fingerprint density at radius 1 is 1.04 bits per heavy atom. The second-order valence-corrected chi connectivity index (χ2v) is 5.61. The normalized spacial score (nSPS) is 10.6. The van der Waals surface area contributed by atoms with Crippen LogP contribution in [0.1, 0.15) is 26.7 Å². The van der Waals surface area contributed by atoms with Gasteiger partial charge < -0.3 is 24.0 Å². The van der Waals surface area contributed by atoms with Crippen molar-refractivity contribution in [2.24, 2.45) is 10.8 Å². The number of hydrogen-bond acceptors (Lipinski definition) is 8. The largest absolute Gasteiger partial charge is 0.457 e. The first-order valence-corrected chi connectivity index (χ1v) is 8.17. The molecule has 3 N–H and O–H groups in total. The van der Waals surface area contributed by atoms with E-state index in [4.69, 9.17) is 24.0 Å². The van der Waals surface area contributed by atoms with Crippen molar-refractivity contribution in [1.82, 2.24) is 5.43 Å². The lowest BCUT2D eigenvalue weighted by Gasteiger charge is -2.09. The molecule has 0 atom stereocenters. The Balaban J connectivity index is 1.84. The Hall–Kier alpha value is -3.92. The van der Waals surface area contributed by atoms with Crippen LogP contribution in [0.25, 0.3) is 0 Å². The number of hydrazone groups is 1. The topological polar surface area (TPSA) is 129 Å². The van der Waals surface area contributed by atoms with Gasteiger partial charge in [-0.25, -0.2) is 9.59 Å². The number of nitrogens with two attached hydrogens (primary N) is 1. The summed E-state index contributed by atoms with van der Waals surface area (Å²) < 4.78 is 20.5. The van der Waals surface area contributed by atoms with E-state index in [0.717, 1.165) is 0 Å². The van der Waals surface area contributed by atoms with Crippen molar-refractivity contribution in [3.05, 3.63) is 72.1 Å². The van der Waals surface area contributed by atoms with Crippen molar-refractivity contribution in [2.45, 2.75) is 0 Å². The third-order valence-electron chi connectivity index (χ3n) is 3.22. The average molecular weight is 399 g/mol. The third kappa shape index (κ3) is 4.83. The van der Waals surface area contributed by atoms with Crippen molar-refractivity contribution in [3.8, 4) is 11.5 Å². The molecule has 0 unspecified atom stereocenters. The molecular formula is C18H13N3O6S. The van der Waals surface area contributed by atoms with Crippen molar-refractivity contribution >= 4 is 35.5 Å². The summed E-state index contributed by atoms with van der Waals surface area (Å²) in [4.78, 5) is 24.2. The number of rotatable bonds is 6. The maximum atomic E-state index is 12.2. The van der Waals surface area contributed by atoms with Crippen LogP contribution in [0.4, 0.5) is 0 Å². The molecule has 9 nitrogen and oxygen atoms in total. The third-order valence-corrected chi connectivity index (χ3v) is 3.31. The lowest BCUT2D eigenvalue weighted by Crippen LogP contribution is -2.24. The van der Waals surface area contributed by atoms with Gasteiger partial charge in [-0.1, -0.05) is 0 Å². The van der Waals surface area contributed by atoms with Gasteiger partial charge in [0.1, 0.15) is 11.5 Å². The summed E-state index contributed by atoms with van der Waals surface area (Å²) in [5.74, 6) is -1.22. The predicted octanol–water partition coefficient (Wildman–Crippen LogP) is 2.48. The zero-order valence-corrected chi connectivity index (χ0v) is 15.0. The lowest BCUT2D eigenvalue weighted by atomic mass is 10.2. The van der Waals surface area contributed by atoms with Gasteiger partial charge in [0.15, 0.2) is 5.11 Å². The maximum absolute atomic E-state index is 12.2. The summed E-state index contributed by atoms with van der Waals surface area (Å²) in [6, 6.07) is 10.4. The quantitative estimate of drug-likeness (QED) is 0.211. The first-order chi connectivity index (χ1) is 13.5. The molecule has 0 amide bonds. The highest BCUT2D eigenvalue weighted by atomic mass is 32.1. The summed E-state index contributed by atoms with van der Waals surface area (Å²) in [6.07, 6.45) is 4.02. The minimum Gasteiger partial charge on any atom is -0.457 e. The summed E-state index contributed by atoms with van der Waals surface area (Å²) in [5, 5.41) is 3.79. The minimum absolute atomic E-state index is 0.00198. The van der Waals surface area contributed by atoms with Crippen LogP contribution in [0.3, 0.4) is 0 Å². The van der Waals surface area contributed by atoms with E-state index in [9.17, 15) is 9.59 Å². The molecule has 0 aliphatic rings. The number of esters is 2. The van der Waals surface area contributed by atoms with E-state index >= 15 is 0 Å². The maximum Gasteiger partial charge on any atom is 0.379 e. The number of nitrogens with zero attached hydrogens (tertiary/aromatic N) is 1. The number of carbonyl (C=O) groups is 2. The van der Waals surface area contributed by atoms with Crippen molar-refractivity contribution in [1.29, 1.82) is 0 Å². The molecule has 0 fully saturated rings. The Labute approximate surface area is 163 Å². The fraction of sp³-hybridized carbons (Fsp3) is 0. The van der Waals surface area contributed by atoms with Gasteiger partial charge in [0.05, 0.1) is 18.7 Å². The Kier molecular flexibility index (Phi) is 5.82. The molecule has 2 aromatic heterocycles. The number of benzene rings is 1. The van der Waals surface area contributed by atoms with Gasteiger partial charge in [0.25, 0.3) is 0 Å². The first kappa shape index (κ1) is 18.9. The van der Waals surface area contributed by atoms with Crippen LogP contribution in [0.2, 0.25) is 0 Å². The molecule has 0 radical (unpaired) electrons. The summed E-state index contributed by atoms with van der Waals surface area (Å²) >= 11 is 4.66. The van der Waals surface area contributed by atoms with E-state index in [2.05, 4.69) is 22.7 Å². The number of nitrogens with one attached hydrogen (secondary N) is 1. The van der Waals surface area contributed by atoms with Crippen LogP contribution in [-0.2, 0) is 0 Å². The summed E-state index contributed by atoms with van der Waals surface area (Å²) in [7, 11) is 0. The van der Waals surface area contributed by atoms with Gasteiger partial charge in [0.2, 0.25) is 11.5 Å².